The summed E-state index contributed by atoms with van der Waals surface area (Å²) in [4.78, 5) is 20.8. The Hall–Kier alpha value is -1.38. The van der Waals surface area contributed by atoms with Crippen molar-refractivity contribution in [3.05, 3.63) is 0 Å². The number of carbonyl (C=O) groups excluding carboxylic acids is 1. The van der Waals surface area contributed by atoms with Gasteiger partial charge in [0.25, 0.3) is 0 Å². The molecule has 0 radical (unpaired) electrons. The molecule has 0 saturated heterocycles. The third-order valence-corrected chi connectivity index (χ3v) is 1.73. The second-order valence-corrected chi connectivity index (χ2v) is 3.62. The number of ether oxygens (including phenoxy) is 3. The van der Waals surface area contributed by atoms with Gasteiger partial charge in [-0.25, -0.2) is 4.79 Å². The molecule has 0 heterocycles. The Kier molecular flexibility index (Phi) is 8.89. The molecule has 18 heavy (non-hydrogen) atoms. The van der Waals surface area contributed by atoms with Crippen LogP contribution in [0.2, 0.25) is 0 Å². The summed E-state index contributed by atoms with van der Waals surface area (Å²) in [5.41, 5.74) is 0. The van der Waals surface area contributed by atoms with Crippen LogP contribution in [0.4, 0.5) is 4.79 Å². The van der Waals surface area contributed by atoms with E-state index in [1.165, 1.54) is 6.92 Å². The minimum absolute atomic E-state index is 0.0831. The molecule has 106 valence electrons. The summed E-state index contributed by atoms with van der Waals surface area (Å²) >= 11 is 0. The summed E-state index contributed by atoms with van der Waals surface area (Å²) in [5.74, 6) is -0.490. The molecule has 0 rings (SSSR count). The fourth-order valence-corrected chi connectivity index (χ4v) is 0.963. The first-order chi connectivity index (χ1) is 8.41. The lowest BCUT2D eigenvalue weighted by Gasteiger charge is -2.17. The Labute approximate surface area is 105 Å². The SMILES string of the molecule is CC(=O)OCC(COC(=O)O)OCNCC(C)O. The molecule has 8 heteroatoms. The molecule has 0 fully saturated rings. The van der Waals surface area contributed by atoms with Gasteiger partial charge in [0, 0.05) is 13.5 Å². The highest BCUT2D eigenvalue weighted by Crippen LogP contribution is 1.96. The van der Waals surface area contributed by atoms with Gasteiger partial charge in [-0.15, -0.1) is 0 Å². The summed E-state index contributed by atoms with van der Waals surface area (Å²) in [7, 11) is 0. The van der Waals surface area contributed by atoms with Crippen molar-refractivity contribution in [1.29, 1.82) is 0 Å². The van der Waals surface area contributed by atoms with Crippen LogP contribution in [-0.4, -0.2) is 61.0 Å². The minimum atomic E-state index is -1.43. The molecule has 3 N–H and O–H groups in total. The Morgan fingerprint density at radius 1 is 1.28 bits per heavy atom. The minimum Gasteiger partial charge on any atom is -0.463 e. The van der Waals surface area contributed by atoms with E-state index in [2.05, 4.69) is 10.1 Å². The highest BCUT2D eigenvalue weighted by Gasteiger charge is 2.14. The van der Waals surface area contributed by atoms with Crippen LogP contribution in [0.15, 0.2) is 0 Å². The second kappa shape index (κ2) is 9.63. The van der Waals surface area contributed by atoms with Crippen molar-refractivity contribution in [3.8, 4) is 0 Å². The Morgan fingerprint density at radius 3 is 2.39 bits per heavy atom. The molecular formula is C10H19NO7. The number of carboxylic acid groups (broad SMARTS) is 1. The van der Waals surface area contributed by atoms with Gasteiger partial charge in [-0.3, -0.25) is 10.1 Å². The average molecular weight is 265 g/mol. The fourth-order valence-electron chi connectivity index (χ4n) is 0.963. The van der Waals surface area contributed by atoms with Crippen molar-refractivity contribution in [1.82, 2.24) is 5.32 Å². The molecule has 0 aromatic heterocycles. The van der Waals surface area contributed by atoms with Crippen LogP contribution in [-0.2, 0) is 19.0 Å². The van der Waals surface area contributed by atoms with E-state index in [1.807, 2.05) is 0 Å². The molecule has 0 spiro atoms. The van der Waals surface area contributed by atoms with Gasteiger partial charge in [-0.1, -0.05) is 0 Å². The summed E-state index contributed by atoms with van der Waals surface area (Å²) in [6.07, 6.45) is -2.63. The first-order valence-corrected chi connectivity index (χ1v) is 5.41. The number of hydrogen-bond acceptors (Lipinski definition) is 7. The van der Waals surface area contributed by atoms with Crippen LogP contribution in [0.5, 0.6) is 0 Å². The van der Waals surface area contributed by atoms with Gasteiger partial charge >= 0.3 is 12.1 Å². The van der Waals surface area contributed by atoms with Crippen molar-refractivity contribution in [2.24, 2.45) is 0 Å². The third kappa shape index (κ3) is 11.1. The van der Waals surface area contributed by atoms with Crippen molar-refractivity contribution in [2.45, 2.75) is 26.1 Å². The molecule has 0 aromatic rings. The van der Waals surface area contributed by atoms with E-state index in [0.717, 1.165) is 0 Å². The summed E-state index contributed by atoms with van der Waals surface area (Å²) in [6.45, 7) is 2.93. The number of aliphatic hydroxyl groups is 1. The number of aliphatic hydroxyl groups excluding tert-OH is 1. The topological polar surface area (TPSA) is 114 Å². The lowest BCUT2D eigenvalue weighted by molar-refractivity contribution is -0.146. The van der Waals surface area contributed by atoms with Gasteiger partial charge in [-0.05, 0) is 6.92 Å². The maximum absolute atomic E-state index is 10.6. The van der Waals surface area contributed by atoms with E-state index >= 15 is 0 Å². The highest BCUT2D eigenvalue weighted by molar-refractivity contribution is 5.65. The van der Waals surface area contributed by atoms with E-state index in [0.29, 0.717) is 6.54 Å². The zero-order valence-corrected chi connectivity index (χ0v) is 10.4. The molecule has 0 amide bonds. The molecule has 8 nitrogen and oxygen atoms in total. The first kappa shape index (κ1) is 16.6. The number of rotatable bonds is 9. The highest BCUT2D eigenvalue weighted by atomic mass is 16.7. The van der Waals surface area contributed by atoms with Crippen molar-refractivity contribution >= 4 is 12.1 Å². The van der Waals surface area contributed by atoms with Crippen molar-refractivity contribution in [3.63, 3.8) is 0 Å². The van der Waals surface area contributed by atoms with Crippen molar-refractivity contribution < 1.29 is 34.0 Å². The first-order valence-electron chi connectivity index (χ1n) is 5.41. The van der Waals surface area contributed by atoms with Gasteiger partial charge in [0.05, 0.1) is 12.8 Å². The van der Waals surface area contributed by atoms with E-state index in [-0.39, 0.29) is 19.9 Å². The quantitative estimate of drug-likeness (QED) is 0.292. The zero-order valence-electron chi connectivity index (χ0n) is 10.4. The van der Waals surface area contributed by atoms with Crippen LogP contribution >= 0.6 is 0 Å². The zero-order chi connectivity index (χ0) is 14.0. The summed E-state index contributed by atoms with van der Waals surface area (Å²) in [6, 6.07) is 0. The Balaban J connectivity index is 3.87. The van der Waals surface area contributed by atoms with Crippen LogP contribution in [0.3, 0.4) is 0 Å². The summed E-state index contributed by atoms with van der Waals surface area (Å²) in [5, 5.41) is 20.1. The van der Waals surface area contributed by atoms with Gasteiger partial charge < -0.3 is 24.4 Å². The molecular weight excluding hydrogens is 246 g/mol. The van der Waals surface area contributed by atoms with E-state index < -0.39 is 24.3 Å². The molecule has 0 aliphatic carbocycles. The van der Waals surface area contributed by atoms with Crippen LogP contribution in [0.1, 0.15) is 13.8 Å². The van der Waals surface area contributed by atoms with E-state index in [4.69, 9.17) is 19.7 Å². The molecule has 2 atom stereocenters. The maximum Gasteiger partial charge on any atom is 0.505 e. The fraction of sp³-hybridized carbons (Fsp3) is 0.800. The number of carbonyl (C=O) groups is 2. The van der Waals surface area contributed by atoms with Crippen LogP contribution in [0.25, 0.3) is 0 Å². The number of nitrogens with one attached hydrogen (secondary N) is 1. The molecule has 0 aromatic carbocycles. The maximum atomic E-state index is 10.6. The molecule has 0 saturated carbocycles. The van der Waals surface area contributed by atoms with Crippen LogP contribution < -0.4 is 5.32 Å². The lowest BCUT2D eigenvalue weighted by Crippen LogP contribution is -2.34. The monoisotopic (exact) mass is 265 g/mol. The smallest absolute Gasteiger partial charge is 0.463 e. The molecule has 0 aliphatic rings. The normalized spacial score (nSPS) is 13.7. The predicted molar refractivity (Wildman–Crippen MR) is 60.0 cm³/mol. The van der Waals surface area contributed by atoms with Crippen LogP contribution in [0, 0.1) is 0 Å². The predicted octanol–water partition coefficient (Wildman–Crippen LogP) is -0.443. The average Bonchev–Trinajstić information content (AvgIpc) is 2.25. The van der Waals surface area contributed by atoms with Crippen molar-refractivity contribution in [2.75, 3.05) is 26.5 Å². The van der Waals surface area contributed by atoms with E-state index in [1.54, 1.807) is 6.92 Å². The number of hydrogen-bond donors (Lipinski definition) is 3. The van der Waals surface area contributed by atoms with E-state index in [9.17, 15) is 9.59 Å². The molecule has 0 aliphatic heterocycles. The second-order valence-electron chi connectivity index (χ2n) is 3.62. The van der Waals surface area contributed by atoms with Gasteiger partial charge in [-0.2, -0.15) is 0 Å². The largest absolute Gasteiger partial charge is 0.505 e. The van der Waals surface area contributed by atoms with Gasteiger partial charge in [0.1, 0.15) is 19.3 Å². The molecule has 2 unspecified atom stereocenters. The standard InChI is InChI=1S/C10H19NO7/c1-7(12)3-11-6-18-9(4-16-8(2)13)5-17-10(14)15/h7,9,11-12H,3-6H2,1-2H3,(H,14,15). The summed E-state index contributed by atoms with van der Waals surface area (Å²) < 4.78 is 14.2. The molecule has 0 bridgehead atoms. The Bertz CT molecular complexity index is 239. The lowest BCUT2D eigenvalue weighted by atomic mass is 10.4. The third-order valence-electron chi connectivity index (χ3n) is 1.73. The van der Waals surface area contributed by atoms with Gasteiger partial charge in [0.2, 0.25) is 0 Å². The number of esters is 1. The van der Waals surface area contributed by atoms with Gasteiger partial charge in [0.15, 0.2) is 0 Å². The Morgan fingerprint density at radius 2 is 1.89 bits per heavy atom.